The molecule has 0 heterocycles. The highest BCUT2D eigenvalue weighted by Gasteiger charge is 2.10. The smallest absolute Gasteiger partial charge is 0.0995 e. The number of aliphatic hydroxyl groups is 1. The molecule has 1 aromatic rings. The zero-order chi connectivity index (χ0) is 10.6. The van der Waals surface area contributed by atoms with E-state index in [9.17, 15) is 0 Å². The average Bonchev–Trinajstić information content (AvgIpc) is 2.17. The topological polar surface area (TPSA) is 96.1 Å². The van der Waals surface area contributed by atoms with Gasteiger partial charge in [0, 0.05) is 18.3 Å². The van der Waals surface area contributed by atoms with E-state index in [4.69, 9.17) is 21.8 Å². The molecular formula is C10H13N3O. The van der Waals surface area contributed by atoms with Crippen molar-refractivity contribution in [3.05, 3.63) is 29.3 Å². The first kappa shape index (κ1) is 10.5. The van der Waals surface area contributed by atoms with Crippen LogP contribution in [0.4, 0.5) is 5.69 Å². The highest BCUT2D eigenvalue weighted by Crippen LogP contribution is 2.20. The second kappa shape index (κ2) is 4.61. The average molecular weight is 191 g/mol. The van der Waals surface area contributed by atoms with Gasteiger partial charge in [0.05, 0.1) is 11.6 Å². The molecule has 4 nitrogen and oxygen atoms in total. The lowest BCUT2D eigenvalue weighted by atomic mass is 9.99. The molecule has 0 aliphatic carbocycles. The molecule has 5 N–H and O–H groups in total. The molecule has 1 rings (SSSR count). The predicted octanol–water partition coefficient (Wildman–Crippen LogP) is 0.523. The summed E-state index contributed by atoms with van der Waals surface area (Å²) in [4.78, 5) is 0. The van der Waals surface area contributed by atoms with Crippen molar-refractivity contribution in [3.63, 3.8) is 0 Å². The Hall–Kier alpha value is -1.57. The monoisotopic (exact) mass is 191 g/mol. The van der Waals surface area contributed by atoms with Crippen molar-refractivity contribution >= 4 is 5.69 Å². The molecule has 14 heavy (non-hydrogen) atoms. The second-order valence-corrected chi connectivity index (χ2v) is 3.08. The first-order valence-corrected chi connectivity index (χ1v) is 4.35. The fraction of sp³-hybridized carbons (Fsp3) is 0.300. The van der Waals surface area contributed by atoms with Crippen LogP contribution in [0.2, 0.25) is 0 Å². The van der Waals surface area contributed by atoms with E-state index in [0.29, 0.717) is 17.7 Å². The molecule has 0 amide bonds. The van der Waals surface area contributed by atoms with E-state index in [-0.39, 0.29) is 12.6 Å². The Bertz CT molecular complexity index is 357. The van der Waals surface area contributed by atoms with Gasteiger partial charge in [-0.15, -0.1) is 0 Å². The minimum atomic E-state index is -0.310. The van der Waals surface area contributed by atoms with Crippen molar-refractivity contribution in [2.24, 2.45) is 5.73 Å². The molecule has 0 aliphatic rings. The zero-order valence-corrected chi connectivity index (χ0v) is 7.77. The summed E-state index contributed by atoms with van der Waals surface area (Å²) in [6.07, 6.45) is 0.443. The SMILES string of the molecule is N#Cc1cc(N)ccc1[C@H](N)CCO. The van der Waals surface area contributed by atoms with E-state index < -0.39 is 0 Å². The molecule has 1 aromatic carbocycles. The van der Waals surface area contributed by atoms with E-state index in [1.54, 1.807) is 18.2 Å². The number of rotatable bonds is 3. The molecule has 1 atom stereocenters. The Kier molecular flexibility index (Phi) is 3.46. The van der Waals surface area contributed by atoms with Crippen LogP contribution in [0.5, 0.6) is 0 Å². The van der Waals surface area contributed by atoms with Gasteiger partial charge in [0.15, 0.2) is 0 Å². The summed E-state index contributed by atoms with van der Waals surface area (Å²) in [6.45, 7) is 0.0103. The Balaban J connectivity index is 3.03. The lowest BCUT2D eigenvalue weighted by Crippen LogP contribution is -2.13. The van der Waals surface area contributed by atoms with Crippen LogP contribution >= 0.6 is 0 Å². The van der Waals surface area contributed by atoms with Crippen LogP contribution in [0.1, 0.15) is 23.6 Å². The number of nitrogens with two attached hydrogens (primary N) is 2. The third-order valence-corrected chi connectivity index (χ3v) is 2.04. The van der Waals surface area contributed by atoms with Gasteiger partial charge in [-0.1, -0.05) is 6.07 Å². The fourth-order valence-corrected chi connectivity index (χ4v) is 1.29. The summed E-state index contributed by atoms with van der Waals surface area (Å²) < 4.78 is 0. The zero-order valence-electron chi connectivity index (χ0n) is 7.77. The molecule has 74 valence electrons. The van der Waals surface area contributed by atoms with Crippen LogP contribution in [-0.2, 0) is 0 Å². The first-order chi connectivity index (χ1) is 6.69. The molecule has 0 aliphatic heterocycles. The van der Waals surface area contributed by atoms with Gasteiger partial charge in [-0.3, -0.25) is 0 Å². The van der Waals surface area contributed by atoms with Gasteiger partial charge in [0.2, 0.25) is 0 Å². The normalized spacial score (nSPS) is 12.1. The number of hydrogen-bond acceptors (Lipinski definition) is 4. The van der Waals surface area contributed by atoms with Gasteiger partial charge in [-0.25, -0.2) is 0 Å². The quantitative estimate of drug-likeness (QED) is 0.607. The third-order valence-electron chi connectivity index (χ3n) is 2.04. The molecule has 0 saturated carbocycles. The standard InChI is InChI=1S/C10H13N3O/c11-6-7-5-8(12)1-2-9(7)10(13)3-4-14/h1-2,5,10,14H,3-4,12-13H2/t10-/m1/s1. The van der Waals surface area contributed by atoms with E-state index >= 15 is 0 Å². The van der Waals surface area contributed by atoms with Gasteiger partial charge in [0.25, 0.3) is 0 Å². The van der Waals surface area contributed by atoms with Gasteiger partial charge in [-0.2, -0.15) is 5.26 Å². The number of benzene rings is 1. The summed E-state index contributed by atoms with van der Waals surface area (Å²) in [5.74, 6) is 0. The molecule has 4 heteroatoms. The largest absolute Gasteiger partial charge is 0.399 e. The van der Waals surface area contributed by atoms with Crippen LogP contribution in [0.25, 0.3) is 0 Å². The van der Waals surface area contributed by atoms with Crippen molar-refractivity contribution in [1.82, 2.24) is 0 Å². The Morgan fingerprint density at radius 2 is 2.21 bits per heavy atom. The van der Waals surface area contributed by atoms with Gasteiger partial charge in [-0.05, 0) is 24.1 Å². The van der Waals surface area contributed by atoms with Gasteiger partial charge < -0.3 is 16.6 Å². The second-order valence-electron chi connectivity index (χ2n) is 3.08. The molecule has 0 fully saturated rings. The van der Waals surface area contributed by atoms with Crippen LogP contribution in [0.15, 0.2) is 18.2 Å². The van der Waals surface area contributed by atoms with Crippen molar-refractivity contribution < 1.29 is 5.11 Å². The van der Waals surface area contributed by atoms with Crippen molar-refractivity contribution in [3.8, 4) is 6.07 Å². The van der Waals surface area contributed by atoms with Crippen LogP contribution < -0.4 is 11.5 Å². The predicted molar refractivity (Wildman–Crippen MR) is 54.2 cm³/mol. The summed E-state index contributed by atoms with van der Waals surface area (Å²) >= 11 is 0. The number of anilines is 1. The first-order valence-electron chi connectivity index (χ1n) is 4.35. The van der Waals surface area contributed by atoms with E-state index in [2.05, 4.69) is 0 Å². The number of nitrogens with zero attached hydrogens (tertiary/aromatic N) is 1. The molecule has 0 saturated heterocycles. The minimum Gasteiger partial charge on any atom is -0.399 e. The minimum absolute atomic E-state index is 0.0103. The van der Waals surface area contributed by atoms with Gasteiger partial charge in [0.1, 0.15) is 0 Å². The maximum absolute atomic E-state index is 8.84. The Morgan fingerprint density at radius 3 is 2.79 bits per heavy atom. The van der Waals surface area contributed by atoms with E-state index in [1.165, 1.54) is 0 Å². The fourth-order valence-electron chi connectivity index (χ4n) is 1.29. The maximum atomic E-state index is 8.84. The number of hydrogen-bond donors (Lipinski definition) is 3. The maximum Gasteiger partial charge on any atom is 0.0995 e. The molecule has 0 unspecified atom stereocenters. The van der Waals surface area contributed by atoms with Crippen LogP contribution in [0, 0.1) is 11.3 Å². The molecule has 0 spiro atoms. The van der Waals surface area contributed by atoms with Crippen LogP contribution in [-0.4, -0.2) is 11.7 Å². The molecular weight excluding hydrogens is 178 g/mol. The van der Waals surface area contributed by atoms with Crippen molar-refractivity contribution in [1.29, 1.82) is 5.26 Å². The van der Waals surface area contributed by atoms with E-state index in [1.807, 2.05) is 6.07 Å². The van der Waals surface area contributed by atoms with Crippen molar-refractivity contribution in [2.45, 2.75) is 12.5 Å². The van der Waals surface area contributed by atoms with Gasteiger partial charge >= 0.3 is 0 Å². The molecule has 0 radical (unpaired) electrons. The summed E-state index contributed by atoms with van der Waals surface area (Å²) in [5, 5.41) is 17.6. The molecule has 0 aromatic heterocycles. The van der Waals surface area contributed by atoms with E-state index in [0.717, 1.165) is 5.56 Å². The van der Waals surface area contributed by atoms with Crippen molar-refractivity contribution in [2.75, 3.05) is 12.3 Å². The lowest BCUT2D eigenvalue weighted by molar-refractivity contribution is 0.276. The number of aliphatic hydroxyl groups excluding tert-OH is 1. The summed E-state index contributed by atoms with van der Waals surface area (Å²) in [6, 6.07) is 6.75. The summed E-state index contributed by atoms with van der Waals surface area (Å²) in [5.41, 5.74) is 13.1. The Labute approximate surface area is 82.8 Å². The number of nitriles is 1. The number of nitrogen functional groups attached to an aromatic ring is 1. The van der Waals surface area contributed by atoms with Crippen LogP contribution in [0.3, 0.4) is 0 Å². The highest BCUT2D eigenvalue weighted by atomic mass is 16.3. The molecule has 0 bridgehead atoms. The third kappa shape index (κ3) is 2.22. The lowest BCUT2D eigenvalue weighted by Gasteiger charge is -2.12. The Morgan fingerprint density at radius 1 is 1.50 bits per heavy atom. The summed E-state index contributed by atoms with van der Waals surface area (Å²) in [7, 11) is 0. The highest BCUT2D eigenvalue weighted by molar-refractivity contribution is 5.50.